The second kappa shape index (κ2) is 10.3. The van der Waals surface area contributed by atoms with E-state index in [1.165, 1.54) is 0 Å². The summed E-state index contributed by atoms with van der Waals surface area (Å²) in [4.78, 5) is 24.0. The van der Waals surface area contributed by atoms with Crippen LogP contribution in [-0.2, 0) is 4.74 Å². The summed E-state index contributed by atoms with van der Waals surface area (Å²) in [5, 5.41) is 5.67. The summed E-state index contributed by atoms with van der Waals surface area (Å²) in [6.45, 7) is 2.45. The first-order chi connectivity index (χ1) is 13.0. The molecule has 0 unspecified atom stereocenters. The monoisotopic (exact) mass is 386 g/mol. The van der Waals surface area contributed by atoms with Crippen LogP contribution in [0.5, 0.6) is 5.75 Å². The van der Waals surface area contributed by atoms with Crippen LogP contribution in [0.2, 0.25) is 0 Å². The first-order valence-electron chi connectivity index (χ1n) is 8.57. The van der Waals surface area contributed by atoms with E-state index >= 15 is 0 Å². The van der Waals surface area contributed by atoms with Crippen molar-refractivity contribution in [2.24, 2.45) is 0 Å². The number of hydrogen-bond acceptors (Lipinski definition) is 5. The molecule has 0 atom stereocenters. The number of anilines is 1. The van der Waals surface area contributed by atoms with E-state index in [0.29, 0.717) is 29.2 Å². The van der Waals surface area contributed by atoms with Crippen molar-refractivity contribution in [3.8, 4) is 5.75 Å². The molecule has 0 fully saturated rings. The number of nitrogens with one attached hydrogen (secondary N) is 2. The van der Waals surface area contributed by atoms with Crippen LogP contribution < -0.4 is 15.4 Å². The molecule has 0 aliphatic rings. The normalized spacial score (nSPS) is 10.0. The summed E-state index contributed by atoms with van der Waals surface area (Å²) >= 11 is 5.16. The zero-order valence-electron chi connectivity index (χ0n) is 15.3. The Morgan fingerprint density at radius 1 is 1.00 bits per heavy atom. The molecule has 2 N–H and O–H groups in total. The molecule has 6 nitrogen and oxygen atoms in total. The molecular weight excluding hydrogens is 364 g/mol. The third-order valence-electron chi connectivity index (χ3n) is 3.69. The summed E-state index contributed by atoms with van der Waals surface area (Å²) in [5.41, 5.74) is 1.58. The van der Waals surface area contributed by atoms with Crippen molar-refractivity contribution in [1.82, 2.24) is 5.32 Å². The average molecular weight is 386 g/mol. The first-order valence-corrected chi connectivity index (χ1v) is 8.98. The fourth-order valence-corrected chi connectivity index (χ4v) is 2.37. The first kappa shape index (κ1) is 20.4. The van der Waals surface area contributed by atoms with Gasteiger partial charge in [0.1, 0.15) is 5.75 Å². The number of carbonyl (C=O) groups excluding carboxylic acids is 2. The summed E-state index contributed by atoms with van der Waals surface area (Å²) in [7, 11) is 1.56. The molecule has 0 heterocycles. The second-order valence-corrected chi connectivity index (χ2v) is 6.11. The van der Waals surface area contributed by atoms with Gasteiger partial charge in [0.15, 0.2) is 5.11 Å². The number of rotatable bonds is 7. The van der Waals surface area contributed by atoms with Crippen LogP contribution >= 0.6 is 12.2 Å². The third-order valence-corrected chi connectivity index (χ3v) is 3.89. The Kier molecular flexibility index (Phi) is 7.76. The lowest BCUT2D eigenvalue weighted by molar-refractivity contribution is 0.0499. The zero-order chi connectivity index (χ0) is 19.6. The smallest absolute Gasteiger partial charge is 0.338 e. The van der Waals surface area contributed by atoms with E-state index in [9.17, 15) is 9.59 Å². The fraction of sp³-hybridized carbons (Fsp3) is 0.250. The molecule has 2 aromatic rings. The fourth-order valence-electron chi connectivity index (χ4n) is 2.16. The molecule has 142 valence electrons. The van der Waals surface area contributed by atoms with Crippen molar-refractivity contribution in [2.45, 2.75) is 19.8 Å². The van der Waals surface area contributed by atoms with E-state index in [4.69, 9.17) is 21.7 Å². The van der Waals surface area contributed by atoms with Crippen molar-refractivity contribution in [2.75, 3.05) is 19.0 Å². The van der Waals surface area contributed by atoms with E-state index in [2.05, 4.69) is 10.6 Å². The summed E-state index contributed by atoms with van der Waals surface area (Å²) in [6, 6.07) is 13.4. The van der Waals surface area contributed by atoms with Gasteiger partial charge in [-0.3, -0.25) is 10.1 Å². The van der Waals surface area contributed by atoms with Gasteiger partial charge in [0, 0.05) is 11.3 Å². The Labute approximate surface area is 163 Å². The number of carbonyl (C=O) groups is 2. The third kappa shape index (κ3) is 6.38. The Morgan fingerprint density at radius 3 is 2.22 bits per heavy atom. The van der Waals surface area contributed by atoms with Gasteiger partial charge in [-0.2, -0.15) is 0 Å². The molecule has 0 spiro atoms. The van der Waals surface area contributed by atoms with Crippen molar-refractivity contribution < 1.29 is 19.1 Å². The number of ether oxygens (including phenoxy) is 2. The molecule has 1 amide bonds. The van der Waals surface area contributed by atoms with Crippen LogP contribution in [0.25, 0.3) is 0 Å². The van der Waals surface area contributed by atoms with Gasteiger partial charge in [-0.1, -0.05) is 13.3 Å². The summed E-state index contributed by atoms with van der Waals surface area (Å²) < 4.78 is 10.2. The molecular formula is C20H22N2O4S. The maximum atomic E-state index is 12.2. The van der Waals surface area contributed by atoms with Crippen molar-refractivity contribution in [1.29, 1.82) is 0 Å². The highest BCUT2D eigenvalue weighted by Crippen LogP contribution is 2.12. The van der Waals surface area contributed by atoms with Gasteiger partial charge in [0.05, 0.1) is 19.3 Å². The molecule has 2 rings (SSSR count). The minimum absolute atomic E-state index is 0.161. The highest BCUT2D eigenvalue weighted by Gasteiger charge is 2.10. The largest absolute Gasteiger partial charge is 0.497 e. The summed E-state index contributed by atoms with van der Waals surface area (Å²) in [5.74, 6) is -0.0165. The molecule has 0 radical (unpaired) electrons. The predicted octanol–water partition coefficient (Wildman–Crippen LogP) is 3.78. The highest BCUT2D eigenvalue weighted by molar-refractivity contribution is 7.80. The Morgan fingerprint density at radius 2 is 1.63 bits per heavy atom. The number of unbranched alkanes of at least 4 members (excludes halogenated alkanes) is 1. The Balaban J connectivity index is 1.87. The molecule has 0 aliphatic heterocycles. The van der Waals surface area contributed by atoms with Crippen LogP contribution in [0, 0.1) is 0 Å². The Hall–Kier alpha value is -2.93. The molecule has 7 heteroatoms. The van der Waals surface area contributed by atoms with Gasteiger partial charge < -0.3 is 14.8 Å². The maximum Gasteiger partial charge on any atom is 0.338 e. The lowest BCUT2D eigenvalue weighted by atomic mass is 10.2. The van der Waals surface area contributed by atoms with Gasteiger partial charge in [0.2, 0.25) is 0 Å². The van der Waals surface area contributed by atoms with Gasteiger partial charge in [-0.15, -0.1) is 0 Å². The van der Waals surface area contributed by atoms with Crippen molar-refractivity contribution in [3.63, 3.8) is 0 Å². The van der Waals surface area contributed by atoms with E-state index < -0.39 is 0 Å². The number of amides is 1. The zero-order valence-corrected chi connectivity index (χ0v) is 16.1. The highest BCUT2D eigenvalue weighted by atomic mass is 32.1. The minimum atomic E-state index is -0.356. The number of methoxy groups -OCH3 is 1. The quantitative estimate of drug-likeness (QED) is 0.428. The standard InChI is InChI=1S/C20H22N2O4S/c1-3-4-13-26-19(24)15-5-9-16(10-6-15)21-20(27)22-18(23)14-7-11-17(25-2)12-8-14/h5-12H,3-4,13H2,1-2H3,(H2,21,22,23,27). The lowest BCUT2D eigenvalue weighted by Gasteiger charge is -2.10. The van der Waals surface area contributed by atoms with E-state index in [0.717, 1.165) is 12.8 Å². The molecule has 0 aliphatic carbocycles. The molecule has 0 saturated carbocycles. The SMILES string of the molecule is CCCCOC(=O)c1ccc(NC(=S)NC(=O)c2ccc(OC)cc2)cc1. The molecule has 27 heavy (non-hydrogen) atoms. The molecule has 0 aromatic heterocycles. The van der Waals surface area contributed by atoms with Crippen molar-refractivity contribution >= 4 is 34.9 Å². The maximum absolute atomic E-state index is 12.2. The van der Waals surface area contributed by atoms with Crippen LogP contribution in [0.3, 0.4) is 0 Å². The van der Waals surface area contributed by atoms with Gasteiger partial charge in [0.25, 0.3) is 5.91 Å². The van der Waals surface area contributed by atoms with E-state index in [1.54, 1.807) is 55.6 Å². The predicted molar refractivity (Wildman–Crippen MR) is 108 cm³/mol. The minimum Gasteiger partial charge on any atom is -0.497 e. The Bertz CT molecular complexity index is 789. The number of thiocarbonyl (C=S) groups is 1. The van der Waals surface area contributed by atoms with E-state index in [-0.39, 0.29) is 17.0 Å². The second-order valence-electron chi connectivity index (χ2n) is 5.70. The average Bonchev–Trinajstić information content (AvgIpc) is 2.68. The van der Waals surface area contributed by atoms with Gasteiger partial charge >= 0.3 is 5.97 Å². The van der Waals surface area contributed by atoms with E-state index in [1.807, 2.05) is 6.92 Å². The van der Waals surface area contributed by atoms with Crippen LogP contribution in [0.4, 0.5) is 5.69 Å². The molecule has 0 bridgehead atoms. The number of esters is 1. The van der Waals surface area contributed by atoms with Crippen LogP contribution in [-0.4, -0.2) is 30.7 Å². The van der Waals surface area contributed by atoms with Crippen LogP contribution in [0.15, 0.2) is 48.5 Å². The number of hydrogen-bond donors (Lipinski definition) is 2. The van der Waals surface area contributed by atoms with Gasteiger partial charge in [-0.25, -0.2) is 4.79 Å². The lowest BCUT2D eigenvalue weighted by Crippen LogP contribution is -2.34. The van der Waals surface area contributed by atoms with Gasteiger partial charge in [-0.05, 0) is 67.2 Å². The molecule has 2 aromatic carbocycles. The number of benzene rings is 2. The summed E-state index contributed by atoms with van der Waals surface area (Å²) in [6.07, 6.45) is 1.81. The molecule has 0 saturated heterocycles. The van der Waals surface area contributed by atoms with Crippen molar-refractivity contribution in [3.05, 3.63) is 59.7 Å². The topological polar surface area (TPSA) is 76.7 Å². The van der Waals surface area contributed by atoms with Crippen LogP contribution in [0.1, 0.15) is 40.5 Å².